The fraction of sp³-hybridized carbons (Fsp3) is 0.462. The summed E-state index contributed by atoms with van der Waals surface area (Å²) in [6.45, 7) is 6.93. The molecule has 2 rings (SSSR count). The summed E-state index contributed by atoms with van der Waals surface area (Å²) in [6, 6.07) is 7.51. The minimum Gasteiger partial charge on any atom is -0.437 e. The number of hydrogen-bond acceptors (Lipinski definition) is 4. The molecule has 1 aliphatic heterocycles. The topological polar surface area (TPSA) is 61.8 Å². The number of aryl methyl sites for hydroxylation is 1. The van der Waals surface area contributed by atoms with E-state index in [0.717, 1.165) is 5.56 Å². The van der Waals surface area contributed by atoms with Crippen LogP contribution in [0.4, 0.5) is 10.5 Å². The molecule has 0 unspecified atom stereocenters. The van der Waals surface area contributed by atoms with Gasteiger partial charge in [-0.2, -0.15) is 0 Å². The van der Waals surface area contributed by atoms with Gasteiger partial charge in [0.05, 0.1) is 5.69 Å². The second kappa shape index (κ2) is 3.88. The first-order chi connectivity index (χ1) is 8.24. The first-order valence-corrected chi connectivity index (χ1v) is 5.83. The number of aliphatic hydroxyl groups is 1. The molecule has 5 nitrogen and oxygen atoms in total. The summed E-state index contributed by atoms with van der Waals surface area (Å²) in [7, 11) is 0. The highest BCUT2D eigenvalue weighted by Crippen LogP contribution is 2.34. The van der Waals surface area contributed by atoms with Crippen LogP contribution in [0.1, 0.15) is 26.3 Å². The summed E-state index contributed by atoms with van der Waals surface area (Å²) in [5.74, 6) is 0. The van der Waals surface area contributed by atoms with Crippen molar-refractivity contribution in [3.8, 4) is 0 Å². The number of rotatable bonds is 1. The van der Waals surface area contributed by atoms with Crippen LogP contribution in [0, 0.1) is 6.92 Å². The van der Waals surface area contributed by atoms with Crippen molar-refractivity contribution in [2.24, 2.45) is 0 Å². The Bertz CT molecular complexity index is 466. The highest BCUT2D eigenvalue weighted by Gasteiger charge is 2.52. The fourth-order valence-electron chi connectivity index (χ4n) is 1.83. The van der Waals surface area contributed by atoms with E-state index in [4.69, 9.17) is 4.74 Å². The summed E-state index contributed by atoms with van der Waals surface area (Å²) in [6.07, 6.45) is -0.577. The second-order valence-corrected chi connectivity index (χ2v) is 5.20. The molecule has 18 heavy (non-hydrogen) atoms. The van der Waals surface area contributed by atoms with Crippen LogP contribution in [0.3, 0.4) is 0 Å². The van der Waals surface area contributed by atoms with Gasteiger partial charge in [0.25, 0.3) is 0 Å². The number of cyclic esters (lactones) is 1. The zero-order valence-electron chi connectivity index (χ0n) is 11.0. The maximum absolute atomic E-state index is 11.5. The molecule has 1 aromatic rings. The normalized spacial score (nSPS) is 26.5. The Morgan fingerprint density at radius 1 is 1.22 bits per heavy atom. The van der Waals surface area contributed by atoms with E-state index in [1.807, 2.05) is 31.2 Å². The monoisotopic (exact) mass is 250 g/mol. The summed E-state index contributed by atoms with van der Waals surface area (Å²) in [5.41, 5.74) is 1.97. The van der Waals surface area contributed by atoms with Gasteiger partial charge in [0, 0.05) is 0 Å². The first-order valence-electron chi connectivity index (χ1n) is 5.83. The Balaban J connectivity index is 2.41. The molecule has 1 aliphatic rings. The Kier molecular flexibility index (Phi) is 2.74. The molecule has 98 valence electrons. The van der Waals surface area contributed by atoms with E-state index in [0.29, 0.717) is 5.69 Å². The van der Waals surface area contributed by atoms with Crippen molar-refractivity contribution >= 4 is 11.8 Å². The molecule has 1 amide bonds. The van der Waals surface area contributed by atoms with Crippen LogP contribution in [0.15, 0.2) is 24.3 Å². The Morgan fingerprint density at radius 3 is 2.33 bits per heavy atom. The average Bonchev–Trinajstić information content (AvgIpc) is 2.24. The predicted molar refractivity (Wildman–Crippen MR) is 68.0 cm³/mol. The lowest BCUT2D eigenvalue weighted by atomic mass is 9.94. The average molecular weight is 250 g/mol. The van der Waals surface area contributed by atoms with E-state index in [-0.39, 0.29) is 0 Å². The number of hydrazine groups is 1. The predicted octanol–water partition coefficient (Wildman–Crippen LogP) is 1.94. The molecule has 1 heterocycles. The van der Waals surface area contributed by atoms with Crippen molar-refractivity contribution < 1.29 is 14.6 Å². The zero-order valence-corrected chi connectivity index (χ0v) is 11.0. The van der Waals surface area contributed by atoms with Crippen molar-refractivity contribution in [1.29, 1.82) is 0 Å². The fourth-order valence-corrected chi connectivity index (χ4v) is 1.83. The quantitative estimate of drug-likeness (QED) is 0.799. The summed E-state index contributed by atoms with van der Waals surface area (Å²) >= 11 is 0. The van der Waals surface area contributed by atoms with Crippen molar-refractivity contribution in [2.45, 2.75) is 39.0 Å². The van der Waals surface area contributed by atoms with Gasteiger partial charge in [0.15, 0.2) is 11.3 Å². The van der Waals surface area contributed by atoms with Gasteiger partial charge in [-0.15, -0.1) is 0 Å². The number of carbonyl (C=O) groups excluding carboxylic acids is 1. The Hall–Kier alpha value is -1.75. The van der Waals surface area contributed by atoms with Crippen LogP contribution in [-0.4, -0.2) is 22.5 Å². The first kappa shape index (κ1) is 12.7. The number of amides is 1. The maximum Gasteiger partial charge on any atom is 0.426 e. The molecule has 0 radical (unpaired) electrons. The number of hydrogen-bond donors (Lipinski definition) is 2. The smallest absolute Gasteiger partial charge is 0.426 e. The van der Waals surface area contributed by atoms with Crippen LogP contribution in [0.5, 0.6) is 0 Å². The zero-order chi connectivity index (χ0) is 13.6. The number of carbonyl (C=O) groups is 1. The molecule has 2 N–H and O–H groups in total. The maximum atomic E-state index is 11.5. The molecular formula is C13H18N2O3. The van der Waals surface area contributed by atoms with Gasteiger partial charge in [0.2, 0.25) is 0 Å². The van der Waals surface area contributed by atoms with Gasteiger partial charge in [-0.3, -0.25) is 0 Å². The minimum absolute atomic E-state index is 0.577. The molecule has 0 saturated carbocycles. The number of nitrogens with one attached hydrogen (secondary N) is 1. The highest BCUT2D eigenvalue weighted by molar-refractivity contribution is 5.73. The lowest BCUT2D eigenvalue weighted by Crippen LogP contribution is -2.72. The third-order valence-corrected chi connectivity index (χ3v) is 3.42. The summed E-state index contributed by atoms with van der Waals surface area (Å²) < 4.78 is 5.12. The van der Waals surface area contributed by atoms with Gasteiger partial charge < -0.3 is 9.84 Å². The number of ether oxygens (including phenoxy) is 1. The van der Waals surface area contributed by atoms with Crippen LogP contribution in [0.2, 0.25) is 0 Å². The van der Waals surface area contributed by atoms with Gasteiger partial charge >= 0.3 is 6.09 Å². The lowest BCUT2D eigenvalue weighted by Gasteiger charge is -2.50. The molecule has 1 saturated heterocycles. The molecule has 1 fully saturated rings. The Labute approximate surface area is 106 Å². The standard InChI is InChI=1S/C13H18N2O3/c1-9-5-7-10(8-6-9)15-13(4,17)12(2,3)18-11(16)14-15/h5-8,17H,1-4H3,(H,14,16)/t13-/m0/s1. The largest absolute Gasteiger partial charge is 0.437 e. The van der Waals surface area contributed by atoms with Crippen molar-refractivity contribution in [1.82, 2.24) is 5.43 Å². The van der Waals surface area contributed by atoms with Crippen LogP contribution in [0.25, 0.3) is 0 Å². The van der Waals surface area contributed by atoms with Crippen molar-refractivity contribution in [3.05, 3.63) is 29.8 Å². The van der Waals surface area contributed by atoms with Crippen molar-refractivity contribution in [2.75, 3.05) is 5.01 Å². The van der Waals surface area contributed by atoms with Gasteiger partial charge in [-0.05, 0) is 39.8 Å². The lowest BCUT2D eigenvalue weighted by molar-refractivity contribution is -0.147. The van der Waals surface area contributed by atoms with Crippen LogP contribution in [-0.2, 0) is 4.74 Å². The summed E-state index contributed by atoms with van der Waals surface area (Å²) in [5, 5.41) is 12.0. The van der Waals surface area contributed by atoms with E-state index in [2.05, 4.69) is 5.43 Å². The second-order valence-electron chi connectivity index (χ2n) is 5.20. The molecule has 1 aromatic carbocycles. The summed E-state index contributed by atoms with van der Waals surface area (Å²) in [4.78, 5) is 11.5. The minimum atomic E-state index is -1.35. The van der Waals surface area contributed by atoms with E-state index < -0.39 is 17.4 Å². The molecule has 0 aliphatic carbocycles. The van der Waals surface area contributed by atoms with Gasteiger partial charge in [-0.25, -0.2) is 15.2 Å². The molecule has 5 heteroatoms. The molecule has 0 bridgehead atoms. The number of nitrogens with zero attached hydrogens (tertiary/aromatic N) is 1. The third-order valence-electron chi connectivity index (χ3n) is 3.42. The van der Waals surface area contributed by atoms with E-state index in [1.54, 1.807) is 20.8 Å². The molecule has 0 aromatic heterocycles. The van der Waals surface area contributed by atoms with Gasteiger partial charge in [0.1, 0.15) is 0 Å². The van der Waals surface area contributed by atoms with Crippen LogP contribution < -0.4 is 10.4 Å². The van der Waals surface area contributed by atoms with Crippen LogP contribution >= 0.6 is 0 Å². The number of anilines is 1. The van der Waals surface area contributed by atoms with Crippen molar-refractivity contribution in [3.63, 3.8) is 0 Å². The SMILES string of the molecule is Cc1ccc(N2NC(=O)OC(C)(C)[C@]2(C)O)cc1. The molecule has 0 spiro atoms. The van der Waals surface area contributed by atoms with E-state index in [9.17, 15) is 9.90 Å². The van der Waals surface area contributed by atoms with Gasteiger partial charge in [-0.1, -0.05) is 17.7 Å². The Morgan fingerprint density at radius 2 is 1.78 bits per heavy atom. The third kappa shape index (κ3) is 1.90. The highest BCUT2D eigenvalue weighted by atomic mass is 16.6. The number of benzene rings is 1. The van der Waals surface area contributed by atoms with E-state index >= 15 is 0 Å². The van der Waals surface area contributed by atoms with E-state index in [1.165, 1.54) is 5.01 Å². The molecule has 1 atom stereocenters. The molecular weight excluding hydrogens is 232 g/mol.